The standard InChI is InChI=1S/C29H27FNO.3C24H24F2NO/c1-17(2)23-15-25(31(5)16-19(23)4)26-18(3)11-12-21-22-13-14-24(30)27(29(22)32-28(21)26)20-9-7-6-8-10-20;1-12(2)16-9-20(27(6)11-15(16)5)22-14(4)8-19(26)23-17-7-13(3)18(25)10-21(17)28-24(22)23;1-12(2)17-10-19(27(6)11-15(17)5)21-14(4)8-18(26)23-22-13(3)7-16(25)9-20(22)28-24(21)23;1-12(2)17-10-19(27(6)11-15(17)5)21-13(3)7-14(4)22-23-18(26)8-16(25)9-20(23)28-24(21)22/h6-17H,1-5H3;3*7-12H,1-6H3/q4*+1. The van der Waals surface area contributed by atoms with Crippen LogP contribution in [0.5, 0.6) is 0 Å². The van der Waals surface area contributed by atoms with Gasteiger partial charge in [-0.25, -0.2) is 49.0 Å². The van der Waals surface area contributed by atoms with Crippen LogP contribution >= 0.6 is 0 Å². The molecule has 8 aromatic heterocycles. The van der Waals surface area contributed by atoms with Gasteiger partial charge in [0, 0.05) is 97.7 Å². The summed E-state index contributed by atoms with van der Waals surface area (Å²) in [5.74, 6) is -1.41. The SMILES string of the molecule is Cc1c[n+](C)c(-c2c(C)cc(C)c3c2oc2cc(F)cc(F)c23)cc1C(C)C.Cc1c[n+](C)c(-c2c(C)cc(F)c3c2oc2cc(F)cc(C)c23)cc1C(C)C.Cc1c[n+](C)c(-c2c(C)ccc3c2oc2c(-c4ccccc4)c(F)ccc23)cc1C(C)C.Cc1cc2c(cc1F)oc1c(-c3cc(C(C)C)c(C)c[n+]3C)c(C)cc(F)c12. The Kier molecular flexibility index (Phi) is 21.7. The van der Waals surface area contributed by atoms with E-state index in [1.807, 2.05) is 100 Å². The Labute approximate surface area is 672 Å². The fourth-order valence-corrected chi connectivity index (χ4v) is 17.6. The van der Waals surface area contributed by atoms with E-state index in [0.717, 1.165) is 101 Å². The van der Waals surface area contributed by atoms with E-state index >= 15 is 4.39 Å². The zero-order chi connectivity index (χ0) is 83.5. The third-order valence-corrected chi connectivity index (χ3v) is 23.1. The van der Waals surface area contributed by atoms with Gasteiger partial charge in [0.1, 0.15) is 102 Å². The first-order valence-corrected chi connectivity index (χ1v) is 39.6. The van der Waals surface area contributed by atoms with Crippen LogP contribution in [0.25, 0.3) is 144 Å². The maximum atomic E-state index is 15.0. The van der Waals surface area contributed by atoms with Gasteiger partial charge < -0.3 is 17.7 Å². The Morgan fingerprint density at radius 2 is 0.629 bits per heavy atom. The molecular weight excluding hydrogens is 1470 g/mol. The lowest BCUT2D eigenvalue weighted by molar-refractivity contribution is -0.660. The minimum Gasteiger partial charge on any atom is -0.455 e. The van der Waals surface area contributed by atoms with Gasteiger partial charge in [-0.2, -0.15) is 0 Å². The van der Waals surface area contributed by atoms with Crippen LogP contribution in [0.3, 0.4) is 0 Å². The van der Waals surface area contributed by atoms with Gasteiger partial charge in [0.15, 0.2) is 36.0 Å². The van der Waals surface area contributed by atoms with Crippen molar-refractivity contribution >= 4 is 87.8 Å². The van der Waals surface area contributed by atoms with Crippen molar-refractivity contribution in [2.45, 2.75) is 155 Å². The van der Waals surface area contributed by atoms with E-state index in [1.54, 1.807) is 38.1 Å². The van der Waals surface area contributed by atoms with Crippen molar-refractivity contribution in [3.63, 3.8) is 0 Å². The normalized spacial score (nSPS) is 11.8. The van der Waals surface area contributed by atoms with E-state index in [0.29, 0.717) is 106 Å². The third kappa shape index (κ3) is 14.4. The lowest BCUT2D eigenvalue weighted by Gasteiger charge is -2.13. The molecule has 0 spiro atoms. The number of hydrogen-bond acceptors (Lipinski definition) is 4. The Bertz CT molecular complexity index is 6670. The molecule has 0 aliphatic carbocycles. The second-order valence-electron chi connectivity index (χ2n) is 33.0. The summed E-state index contributed by atoms with van der Waals surface area (Å²) >= 11 is 0. The van der Waals surface area contributed by atoms with Gasteiger partial charge in [0.05, 0.1) is 44.0 Å². The molecule has 0 N–H and O–H groups in total. The van der Waals surface area contributed by atoms with Crippen molar-refractivity contribution in [3.8, 4) is 56.2 Å². The van der Waals surface area contributed by atoms with Gasteiger partial charge in [0.2, 0.25) is 22.8 Å². The molecule has 0 atom stereocenters. The summed E-state index contributed by atoms with van der Waals surface area (Å²) in [4.78, 5) is 0. The van der Waals surface area contributed by atoms with Crippen molar-refractivity contribution in [1.82, 2.24) is 0 Å². The monoisotopic (exact) mass is 1560 g/mol. The number of furan rings is 4. The molecule has 592 valence electrons. The highest BCUT2D eigenvalue weighted by molar-refractivity contribution is 6.15. The molecule has 15 heteroatoms. The number of halogens is 7. The van der Waals surface area contributed by atoms with E-state index in [4.69, 9.17) is 17.7 Å². The summed E-state index contributed by atoms with van der Waals surface area (Å²) in [6.45, 7) is 39.2. The topological polar surface area (TPSA) is 68.1 Å². The van der Waals surface area contributed by atoms with Crippen LogP contribution in [0.15, 0.2) is 176 Å². The second-order valence-corrected chi connectivity index (χ2v) is 33.0. The summed E-state index contributed by atoms with van der Waals surface area (Å²) < 4.78 is 134. The zero-order valence-corrected chi connectivity index (χ0v) is 70.4. The van der Waals surface area contributed by atoms with E-state index < -0.39 is 11.6 Å². The van der Waals surface area contributed by atoms with Crippen molar-refractivity contribution in [2.24, 2.45) is 28.2 Å². The Balaban J connectivity index is 0.000000128. The number of hydrogen-bond donors (Lipinski definition) is 0. The van der Waals surface area contributed by atoms with Crippen molar-refractivity contribution in [3.05, 3.63) is 282 Å². The van der Waals surface area contributed by atoms with Crippen LogP contribution in [0.1, 0.15) is 163 Å². The molecule has 17 aromatic rings. The molecular formula is C101H99F7N4O4+4. The second kappa shape index (κ2) is 31.1. The summed E-state index contributed by atoms with van der Waals surface area (Å²) in [5.41, 5.74) is 28.7. The largest absolute Gasteiger partial charge is 0.455 e. The van der Waals surface area contributed by atoms with E-state index in [9.17, 15) is 26.3 Å². The van der Waals surface area contributed by atoms with Crippen LogP contribution in [0.4, 0.5) is 30.7 Å². The number of aryl methyl sites for hydroxylation is 15. The summed E-state index contributed by atoms with van der Waals surface area (Å²) in [6, 6.07) is 39.0. The fraction of sp³-hybridized carbons (Fsp3) is 0.267. The minimum absolute atomic E-state index is 0.237. The number of rotatable bonds is 9. The van der Waals surface area contributed by atoms with Crippen LogP contribution < -0.4 is 18.3 Å². The molecule has 0 aliphatic rings. The van der Waals surface area contributed by atoms with Gasteiger partial charge in [-0.3, -0.25) is 0 Å². The van der Waals surface area contributed by atoms with Gasteiger partial charge in [-0.1, -0.05) is 104 Å². The lowest BCUT2D eigenvalue weighted by atomic mass is 9.93. The third-order valence-electron chi connectivity index (χ3n) is 23.1. The Morgan fingerprint density at radius 3 is 1.10 bits per heavy atom. The van der Waals surface area contributed by atoms with Gasteiger partial charge in [0.25, 0.3) is 0 Å². The molecule has 0 unspecified atom stereocenters. The molecule has 0 amide bonds. The molecule has 0 fully saturated rings. The predicted octanol–water partition coefficient (Wildman–Crippen LogP) is 26.8. The number of benzene rings is 9. The van der Waals surface area contributed by atoms with Crippen molar-refractivity contribution < 1.29 is 66.7 Å². The first-order valence-electron chi connectivity index (χ1n) is 39.6. The van der Waals surface area contributed by atoms with Crippen LogP contribution in [-0.4, -0.2) is 0 Å². The molecule has 8 heterocycles. The molecule has 0 saturated heterocycles. The number of pyridine rings is 4. The molecule has 17 rings (SSSR count). The van der Waals surface area contributed by atoms with Crippen molar-refractivity contribution in [2.75, 3.05) is 0 Å². The van der Waals surface area contributed by atoms with Gasteiger partial charge in [-0.15, -0.1) is 0 Å². The van der Waals surface area contributed by atoms with E-state index in [1.165, 1.54) is 68.8 Å². The number of aromatic nitrogens is 4. The van der Waals surface area contributed by atoms with Crippen LogP contribution in [0.2, 0.25) is 0 Å². The maximum absolute atomic E-state index is 15.0. The van der Waals surface area contributed by atoms with Crippen LogP contribution in [-0.2, 0) is 28.2 Å². The minimum atomic E-state index is -0.636. The highest BCUT2D eigenvalue weighted by Crippen LogP contribution is 2.47. The average molecular weight is 1570 g/mol. The van der Waals surface area contributed by atoms with Gasteiger partial charge >= 0.3 is 0 Å². The summed E-state index contributed by atoms with van der Waals surface area (Å²) in [5, 5.41) is 5.05. The highest BCUT2D eigenvalue weighted by Gasteiger charge is 2.32. The fourth-order valence-electron chi connectivity index (χ4n) is 17.6. The molecule has 8 nitrogen and oxygen atoms in total. The van der Waals surface area contributed by atoms with E-state index in [2.05, 4.69) is 167 Å². The average Bonchev–Trinajstić information content (AvgIpc) is 1.60. The molecule has 0 bridgehead atoms. The first kappa shape index (κ1) is 80.9. The predicted molar refractivity (Wildman–Crippen MR) is 455 cm³/mol. The zero-order valence-electron chi connectivity index (χ0n) is 70.4. The Morgan fingerprint density at radius 1 is 0.250 bits per heavy atom. The maximum Gasteiger partial charge on any atom is 0.216 e. The van der Waals surface area contributed by atoms with Gasteiger partial charge in [-0.05, 0) is 203 Å². The quantitative estimate of drug-likeness (QED) is 0.107. The number of nitrogens with zero attached hydrogens (tertiary/aromatic N) is 4. The molecule has 0 saturated carbocycles. The summed E-state index contributed by atoms with van der Waals surface area (Å²) in [7, 11) is 8.03. The van der Waals surface area contributed by atoms with Crippen LogP contribution in [0, 0.1) is 117 Å². The molecule has 0 aliphatic heterocycles. The smallest absolute Gasteiger partial charge is 0.216 e. The first-order chi connectivity index (χ1) is 54.9. The van der Waals surface area contributed by atoms with E-state index in [-0.39, 0.29) is 34.7 Å². The summed E-state index contributed by atoms with van der Waals surface area (Å²) in [6.07, 6.45) is 8.47. The van der Waals surface area contributed by atoms with Crippen molar-refractivity contribution in [1.29, 1.82) is 0 Å². The molecule has 0 radical (unpaired) electrons. The lowest BCUT2D eigenvalue weighted by Crippen LogP contribution is -2.32. The Hall–Kier alpha value is -11.7. The highest BCUT2D eigenvalue weighted by atomic mass is 19.2. The molecule has 116 heavy (non-hydrogen) atoms. The molecule has 9 aromatic carbocycles. The number of fused-ring (bicyclic) bond motifs is 12.